The summed E-state index contributed by atoms with van der Waals surface area (Å²) < 4.78 is 42.2. The smallest absolute Gasteiger partial charge is 0.870 e. The molecule has 22 nitrogen and oxygen atoms in total. The van der Waals surface area contributed by atoms with Crippen LogP contribution in [0.25, 0.3) is 55.7 Å². The molecule has 0 amide bonds. The minimum Gasteiger partial charge on any atom is -0.870 e. The van der Waals surface area contributed by atoms with Crippen molar-refractivity contribution in [1.82, 2.24) is 43.6 Å². The van der Waals surface area contributed by atoms with Crippen molar-refractivity contribution in [2.24, 2.45) is 21.1 Å². The number of ether oxygens (including phenoxy) is 2. The average Bonchev–Trinajstić information content (AvgIpc) is 1.61. The maximum absolute atomic E-state index is 12.0. The Morgan fingerprint density at radius 1 is 0.584 bits per heavy atom. The van der Waals surface area contributed by atoms with Crippen LogP contribution in [0.2, 0.25) is 0 Å². The molecule has 2 N–H and O–H groups in total. The zero-order valence-corrected chi connectivity index (χ0v) is 78.0. The second kappa shape index (κ2) is 47.6. The molecule has 101 heavy (non-hydrogen) atoms. The number of benzene rings is 3. The molecule has 9 aromatic rings. The van der Waals surface area contributed by atoms with Gasteiger partial charge in [-0.2, -0.15) is 0 Å². The Bertz CT molecular complexity index is 4120. The first-order valence-corrected chi connectivity index (χ1v) is 52.3. The number of aromatic carboxylic acids is 1. The predicted octanol–water partition coefficient (Wildman–Crippen LogP) is 10.2. The molecule has 1 saturated heterocycles. The van der Waals surface area contributed by atoms with Crippen LogP contribution in [-0.2, 0) is 49.2 Å². The van der Waals surface area contributed by atoms with Gasteiger partial charge in [-0.05, 0) is 205 Å². The number of aryl methyl sites for hydroxylation is 3. The van der Waals surface area contributed by atoms with Gasteiger partial charge in [-0.3, -0.25) is 0 Å². The fourth-order valence-corrected chi connectivity index (χ4v) is 13.7. The molecule has 7 heterocycles. The fourth-order valence-electron chi connectivity index (χ4n) is 12.1. The van der Waals surface area contributed by atoms with Gasteiger partial charge in [0.15, 0.2) is 15.5 Å². The van der Waals surface area contributed by atoms with Crippen LogP contribution < -0.4 is 91.1 Å². The van der Waals surface area contributed by atoms with Crippen molar-refractivity contribution < 1.29 is 144 Å². The van der Waals surface area contributed by atoms with Crippen LogP contribution >= 0.6 is 94.6 Å². The van der Waals surface area contributed by atoms with Gasteiger partial charge >= 0.3 is 178 Å². The van der Waals surface area contributed by atoms with E-state index >= 15 is 0 Å². The summed E-state index contributed by atoms with van der Waals surface area (Å²) in [5.41, 5.74) is 10.1. The van der Waals surface area contributed by atoms with E-state index in [0.717, 1.165) is 68.0 Å². The van der Waals surface area contributed by atoms with Crippen LogP contribution in [0.5, 0.6) is 0 Å². The second-order valence-corrected chi connectivity index (χ2v) is 28.7. The topological polar surface area (TPSA) is 303 Å². The molecule has 4 aliphatic rings. The van der Waals surface area contributed by atoms with E-state index in [9.17, 15) is 19.5 Å². The van der Waals surface area contributed by atoms with Gasteiger partial charge in [0.25, 0.3) is 0 Å². The van der Waals surface area contributed by atoms with Gasteiger partial charge < -0.3 is 53.2 Å². The fraction of sp³-hybridized carbons (Fsp3) is 0.426. The first-order chi connectivity index (χ1) is 45.3. The molecule has 6 aromatic heterocycles. The van der Waals surface area contributed by atoms with Gasteiger partial charge in [-0.1, -0.05) is 79.0 Å². The van der Waals surface area contributed by atoms with Crippen molar-refractivity contribution in [3.63, 3.8) is 0 Å². The molecule has 1 unspecified atom stereocenters. The standard InChI is InChI=1S/C20H20BrN3O2.C19H18BrN3O2.C16H18BrNO2.C6H12BO2.C4H2BrIN2.3CH4.3K.Na.HO4P.H2O/c1-24-16-9-13(20(25)26-2)7-8-15(16)17(12-5-3-4-6-12)18(24)19-22-10-14(21)11-23-19;1-23-15-8-12(19(24)25)6-7-14(15)16(11-4-2-3-5-11)17(23)18-21-9-13(20)10-22-18;1-18-13-9-11(16(19)20-2)7-8-12(13)14(15(18)17)10-5-3-4-6-10;1-5(2)6(3,4)9-7-8-5;5-3-1-7-4(6)8-2-3;;;;;;;;1-4-5(2)3;/h7-12H,3-6H2,1-2H3;6-11H,2-5H2,1H3,(H,24,25);7-10H,3-6H2,1-2H3;1-4H3;1-2H;3*1H4;;;;;1H;1H2/q;;;;;;;;;;2*+1;;/p-2. The number of rotatable bonds is 9. The molecule has 1 radical (unpaired) electrons. The molecule has 0 bridgehead atoms. The summed E-state index contributed by atoms with van der Waals surface area (Å²) in [5.74, 6) is 1.49. The van der Waals surface area contributed by atoms with Crippen molar-refractivity contribution in [3.05, 3.63) is 147 Å². The van der Waals surface area contributed by atoms with Crippen LogP contribution in [0.4, 0.5) is 0 Å². The molecule has 3 aliphatic carbocycles. The largest absolute Gasteiger partial charge is 1.00 e. The summed E-state index contributed by atoms with van der Waals surface area (Å²) in [6, 6.07) is 17.0. The number of carbonyl (C=O) groups is 3. The molecule has 13 rings (SSSR count). The van der Waals surface area contributed by atoms with E-state index in [1.54, 1.807) is 49.3 Å². The van der Waals surface area contributed by atoms with Crippen molar-refractivity contribution >= 4 is 216 Å². The normalized spacial score (nSPS) is 14.8. The molecule has 0 spiro atoms. The van der Waals surface area contributed by atoms with E-state index in [1.165, 1.54) is 177 Å². The summed E-state index contributed by atoms with van der Waals surface area (Å²) in [5, 5.41) is 21.4. The first kappa shape index (κ1) is 99.4. The number of methoxy groups -OCH3 is 2. The van der Waals surface area contributed by atoms with Gasteiger partial charge in [-0.25, -0.2) is 49.0 Å². The van der Waals surface area contributed by atoms with Crippen molar-refractivity contribution in [2.45, 2.75) is 156 Å². The number of carbonyl (C=O) groups excluding carboxylic acids is 2. The number of carboxylic acid groups (broad SMARTS) is 1. The monoisotopic (exact) mass is 1860 g/mol. The minimum atomic E-state index is -3.15. The number of hydrogen-bond acceptors (Lipinski definition) is 18. The van der Waals surface area contributed by atoms with Crippen LogP contribution in [0.1, 0.15) is 193 Å². The number of halogens is 5. The van der Waals surface area contributed by atoms with Gasteiger partial charge in [-0.15, -0.1) is 0 Å². The Balaban J connectivity index is 0.000000637. The number of nitrogens with zero attached hydrogens (tertiary/aromatic N) is 9. The molecule has 3 saturated carbocycles. The third-order valence-corrected chi connectivity index (χ3v) is 20.3. The summed E-state index contributed by atoms with van der Waals surface area (Å²) in [6.45, 7) is 8.04. The molecule has 1 atom stereocenters. The number of aromatic nitrogens is 9. The summed E-state index contributed by atoms with van der Waals surface area (Å²) in [4.78, 5) is 69.8. The zero-order chi connectivity index (χ0) is 69.5. The Hall–Kier alpha value is 0.414. The average molecular weight is 1860 g/mol. The predicted molar refractivity (Wildman–Crippen MR) is 408 cm³/mol. The van der Waals surface area contributed by atoms with Crippen LogP contribution in [0.3, 0.4) is 0 Å². The summed E-state index contributed by atoms with van der Waals surface area (Å²) in [7, 11) is 7.10. The van der Waals surface area contributed by atoms with Crippen molar-refractivity contribution in [3.8, 4) is 23.0 Å². The Morgan fingerprint density at radius 2 is 0.871 bits per heavy atom. The molecule has 33 heteroatoms. The van der Waals surface area contributed by atoms with E-state index in [1.807, 2.05) is 89.8 Å². The van der Waals surface area contributed by atoms with Crippen LogP contribution in [0.15, 0.2) is 110 Å². The van der Waals surface area contributed by atoms with Gasteiger partial charge in [0.05, 0.1) is 71.5 Å². The number of fused-ring (bicyclic) bond motifs is 3. The van der Waals surface area contributed by atoms with E-state index in [0.29, 0.717) is 46.1 Å². The van der Waals surface area contributed by atoms with E-state index in [4.69, 9.17) is 33.5 Å². The third-order valence-electron chi connectivity index (χ3n) is 17.5. The molecule has 525 valence electrons. The van der Waals surface area contributed by atoms with Crippen LogP contribution in [0, 0.1) is 3.83 Å². The SMILES string of the molecule is Brc1cnc(I)nc1.C.C.C.CC1(C)O[B]OC1(C)C.COC(=O)c1ccc2c(C3CCCC3)c(-c3ncc(Br)cn3)n(C)c2c1.COC(=O)c1ccc2c(C3CCCC3)c(Br)n(C)c2c1.Cn1c(-c2ncc(Br)cn2)c(C2CCCC2)c2ccc(C(=O)O)cc21.O=[P+]([O-])O[O-].[K+].[K][K].[Na+].[OH-]. The zero-order valence-electron chi connectivity index (χ0n) is 57.2. The third kappa shape index (κ3) is 26.0. The molecular formula is C68H83BBr4IK3N9NaO13P. The first-order valence-electron chi connectivity index (χ1n) is 30.9. The molecule has 4 fully saturated rings. The number of carboxylic acids is 1. The number of esters is 2. The Morgan fingerprint density at radius 3 is 1.16 bits per heavy atom. The van der Waals surface area contributed by atoms with E-state index in [2.05, 4.69) is 136 Å². The van der Waals surface area contributed by atoms with Crippen LogP contribution in [-0.4, -0.2) is 168 Å². The quantitative estimate of drug-likeness (QED) is 0.0267. The Labute approximate surface area is 751 Å². The van der Waals surface area contributed by atoms with E-state index < -0.39 is 14.2 Å². The molecule has 1 aliphatic heterocycles. The van der Waals surface area contributed by atoms with Crippen molar-refractivity contribution in [1.29, 1.82) is 0 Å². The summed E-state index contributed by atoms with van der Waals surface area (Å²) in [6.07, 6.45) is 25.3. The molecule has 3 aromatic carbocycles. The van der Waals surface area contributed by atoms with E-state index in [-0.39, 0.29) is 132 Å². The van der Waals surface area contributed by atoms with Gasteiger partial charge in [0.1, 0.15) is 0 Å². The number of hydrogen-bond donors (Lipinski definition) is 1. The van der Waals surface area contributed by atoms with Gasteiger partial charge in [0.2, 0.25) is 0 Å². The van der Waals surface area contributed by atoms with Crippen molar-refractivity contribution in [2.75, 3.05) is 14.2 Å². The van der Waals surface area contributed by atoms with Gasteiger partial charge in [0, 0.05) is 114 Å². The Kier molecular flexibility index (Phi) is 46.8. The second-order valence-electron chi connectivity index (χ2n) is 23.6. The molecular weight excluding hydrogens is 1780 g/mol. The maximum atomic E-state index is 12.0. The minimum absolute atomic E-state index is 0. The summed E-state index contributed by atoms with van der Waals surface area (Å²) >= 11 is 18.3. The maximum Gasteiger partial charge on any atom is 1.00 e.